The summed E-state index contributed by atoms with van der Waals surface area (Å²) >= 11 is 5.91. The average molecular weight is 362 g/mol. The maximum Gasteiger partial charge on any atom is 0.307 e. The van der Waals surface area contributed by atoms with E-state index >= 15 is 0 Å². The molecule has 0 spiro atoms. The van der Waals surface area contributed by atoms with Crippen LogP contribution in [0, 0.1) is 0 Å². The molecule has 0 atom stereocenters. The van der Waals surface area contributed by atoms with E-state index in [0.717, 1.165) is 5.56 Å². The van der Waals surface area contributed by atoms with Crippen molar-refractivity contribution in [3.63, 3.8) is 0 Å². The minimum Gasteiger partial charge on any atom is -0.497 e. The Bertz CT molecular complexity index is 730. The van der Waals surface area contributed by atoms with E-state index in [4.69, 9.17) is 16.3 Å². The average Bonchev–Trinajstić information content (AvgIpc) is 2.65. The first-order chi connectivity index (χ1) is 12.0. The molecular weight excluding hydrogens is 342 g/mol. The Morgan fingerprint density at radius 3 is 2.44 bits per heavy atom. The Morgan fingerprint density at radius 2 is 1.80 bits per heavy atom. The Morgan fingerprint density at radius 1 is 1.08 bits per heavy atom. The fourth-order valence-corrected chi connectivity index (χ4v) is 2.46. The number of esters is 1. The number of carbonyl (C=O) groups is 2. The molecule has 0 aliphatic rings. The van der Waals surface area contributed by atoms with Gasteiger partial charge in [-0.05, 0) is 35.9 Å². The van der Waals surface area contributed by atoms with Crippen LogP contribution in [0.1, 0.15) is 22.3 Å². The summed E-state index contributed by atoms with van der Waals surface area (Å²) in [6, 6.07) is 14.2. The van der Waals surface area contributed by atoms with Crippen LogP contribution in [0.25, 0.3) is 0 Å². The fourth-order valence-electron chi connectivity index (χ4n) is 2.33. The monoisotopic (exact) mass is 361 g/mol. The second-order valence-corrected chi connectivity index (χ2v) is 5.85. The van der Waals surface area contributed by atoms with Gasteiger partial charge in [-0.2, -0.15) is 0 Å². The summed E-state index contributed by atoms with van der Waals surface area (Å²) in [6.45, 7) is 0.621. The standard InChI is InChI=1S/C19H20ClNO4/c1-24-17-5-3-4-15(12-17)19(23)21(11-10-18(22)25-2)13-14-6-8-16(20)9-7-14/h3-9,12H,10-11,13H2,1-2H3. The topological polar surface area (TPSA) is 55.8 Å². The van der Waals surface area contributed by atoms with Gasteiger partial charge < -0.3 is 14.4 Å². The van der Waals surface area contributed by atoms with Crippen LogP contribution in [0.3, 0.4) is 0 Å². The third-order valence-corrected chi connectivity index (χ3v) is 3.96. The van der Waals surface area contributed by atoms with Gasteiger partial charge in [0.25, 0.3) is 5.91 Å². The highest BCUT2D eigenvalue weighted by Crippen LogP contribution is 2.17. The SMILES string of the molecule is COC(=O)CCN(Cc1ccc(Cl)cc1)C(=O)c1cccc(OC)c1. The van der Waals surface area contributed by atoms with Crippen molar-refractivity contribution >= 4 is 23.5 Å². The molecule has 0 aliphatic carbocycles. The summed E-state index contributed by atoms with van der Waals surface area (Å²) < 4.78 is 9.85. The van der Waals surface area contributed by atoms with Crippen LogP contribution in [0.15, 0.2) is 48.5 Å². The van der Waals surface area contributed by atoms with Gasteiger partial charge in [0.15, 0.2) is 0 Å². The van der Waals surface area contributed by atoms with Gasteiger partial charge in [0.05, 0.1) is 20.6 Å². The quantitative estimate of drug-likeness (QED) is 0.708. The maximum absolute atomic E-state index is 12.9. The molecule has 0 bridgehead atoms. The van der Waals surface area contributed by atoms with Crippen LogP contribution < -0.4 is 4.74 Å². The molecule has 0 saturated heterocycles. The zero-order chi connectivity index (χ0) is 18.2. The highest BCUT2D eigenvalue weighted by Gasteiger charge is 2.18. The molecule has 0 saturated carbocycles. The zero-order valence-corrected chi connectivity index (χ0v) is 15.0. The summed E-state index contributed by atoms with van der Waals surface area (Å²) in [5.41, 5.74) is 1.42. The molecule has 0 fully saturated rings. The molecule has 0 aliphatic heterocycles. The summed E-state index contributed by atoms with van der Waals surface area (Å²) in [5.74, 6) is 0.0579. The predicted octanol–water partition coefficient (Wildman–Crippen LogP) is 3.55. The highest BCUT2D eigenvalue weighted by molar-refractivity contribution is 6.30. The third-order valence-electron chi connectivity index (χ3n) is 3.70. The molecule has 0 heterocycles. The van der Waals surface area contributed by atoms with E-state index in [-0.39, 0.29) is 24.8 Å². The zero-order valence-electron chi connectivity index (χ0n) is 14.2. The first-order valence-corrected chi connectivity index (χ1v) is 8.16. The van der Waals surface area contributed by atoms with Crippen LogP contribution in [-0.4, -0.2) is 37.5 Å². The predicted molar refractivity (Wildman–Crippen MR) is 95.8 cm³/mol. The van der Waals surface area contributed by atoms with E-state index in [0.29, 0.717) is 22.9 Å². The van der Waals surface area contributed by atoms with Crippen molar-refractivity contribution in [3.05, 3.63) is 64.7 Å². The van der Waals surface area contributed by atoms with Gasteiger partial charge in [0.1, 0.15) is 5.75 Å². The van der Waals surface area contributed by atoms with Gasteiger partial charge >= 0.3 is 5.97 Å². The van der Waals surface area contributed by atoms with Crippen molar-refractivity contribution in [3.8, 4) is 5.75 Å². The van der Waals surface area contributed by atoms with E-state index in [2.05, 4.69) is 4.74 Å². The lowest BCUT2D eigenvalue weighted by atomic mass is 10.1. The Labute approximate surface area is 152 Å². The second-order valence-electron chi connectivity index (χ2n) is 5.41. The number of benzene rings is 2. The first-order valence-electron chi connectivity index (χ1n) is 7.78. The van der Waals surface area contributed by atoms with Crippen molar-refractivity contribution in [1.82, 2.24) is 4.90 Å². The fraction of sp³-hybridized carbons (Fsp3) is 0.263. The van der Waals surface area contributed by atoms with Gasteiger partial charge in [-0.3, -0.25) is 9.59 Å². The van der Waals surface area contributed by atoms with Crippen LogP contribution in [0.2, 0.25) is 5.02 Å². The van der Waals surface area contributed by atoms with Crippen molar-refractivity contribution < 1.29 is 19.1 Å². The third kappa shape index (κ3) is 5.50. The molecule has 0 unspecified atom stereocenters. The first kappa shape index (κ1) is 18.8. The number of amides is 1. The summed E-state index contributed by atoms with van der Waals surface area (Å²) in [7, 11) is 2.88. The molecule has 25 heavy (non-hydrogen) atoms. The maximum atomic E-state index is 12.9. The summed E-state index contributed by atoms with van der Waals surface area (Å²) in [4.78, 5) is 26.0. The van der Waals surface area contributed by atoms with Crippen molar-refractivity contribution in [2.75, 3.05) is 20.8 Å². The van der Waals surface area contributed by atoms with Gasteiger partial charge in [0, 0.05) is 23.7 Å². The van der Waals surface area contributed by atoms with Gasteiger partial charge in [-0.15, -0.1) is 0 Å². The van der Waals surface area contributed by atoms with Gasteiger partial charge in [0.2, 0.25) is 0 Å². The minimum absolute atomic E-state index is 0.125. The van der Waals surface area contributed by atoms with Crippen LogP contribution >= 0.6 is 11.6 Å². The lowest BCUT2D eigenvalue weighted by Gasteiger charge is -2.23. The minimum atomic E-state index is -0.362. The van der Waals surface area contributed by atoms with E-state index in [9.17, 15) is 9.59 Å². The molecular formula is C19H20ClNO4. The number of ether oxygens (including phenoxy) is 2. The molecule has 1 amide bonds. The Balaban J connectivity index is 2.20. The van der Waals surface area contributed by atoms with Crippen molar-refractivity contribution in [1.29, 1.82) is 0 Å². The molecule has 0 aromatic heterocycles. The number of rotatable bonds is 7. The van der Waals surface area contributed by atoms with E-state index < -0.39 is 0 Å². The van der Waals surface area contributed by atoms with Gasteiger partial charge in [-0.25, -0.2) is 0 Å². The number of carbonyl (C=O) groups excluding carboxylic acids is 2. The molecule has 0 radical (unpaired) electrons. The molecule has 0 N–H and O–H groups in total. The highest BCUT2D eigenvalue weighted by atomic mass is 35.5. The molecule has 6 heteroatoms. The molecule has 2 aromatic carbocycles. The molecule has 5 nitrogen and oxygen atoms in total. The molecule has 2 aromatic rings. The van der Waals surface area contributed by atoms with Gasteiger partial charge in [-0.1, -0.05) is 29.8 Å². The Hall–Kier alpha value is -2.53. The number of halogens is 1. The van der Waals surface area contributed by atoms with E-state index in [1.165, 1.54) is 7.11 Å². The van der Waals surface area contributed by atoms with Crippen molar-refractivity contribution in [2.24, 2.45) is 0 Å². The lowest BCUT2D eigenvalue weighted by molar-refractivity contribution is -0.140. The smallest absolute Gasteiger partial charge is 0.307 e. The number of methoxy groups -OCH3 is 2. The number of nitrogens with zero attached hydrogens (tertiary/aromatic N) is 1. The van der Waals surface area contributed by atoms with Crippen molar-refractivity contribution in [2.45, 2.75) is 13.0 Å². The van der Waals surface area contributed by atoms with Crippen LogP contribution in [-0.2, 0) is 16.1 Å². The van der Waals surface area contributed by atoms with Crippen LogP contribution in [0.4, 0.5) is 0 Å². The lowest BCUT2D eigenvalue weighted by Crippen LogP contribution is -2.32. The van der Waals surface area contributed by atoms with E-state index in [1.54, 1.807) is 48.4 Å². The summed E-state index contributed by atoms with van der Waals surface area (Å²) in [6.07, 6.45) is 0.125. The Kier molecular flexibility index (Phi) is 6.83. The van der Waals surface area contributed by atoms with E-state index in [1.807, 2.05) is 12.1 Å². The molecule has 132 valence electrons. The summed E-state index contributed by atoms with van der Waals surface area (Å²) in [5, 5.41) is 0.629. The number of hydrogen-bond donors (Lipinski definition) is 0. The van der Waals surface area contributed by atoms with Crippen LogP contribution in [0.5, 0.6) is 5.75 Å². The largest absolute Gasteiger partial charge is 0.497 e. The normalized spacial score (nSPS) is 10.2. The molecule has 2 rings (SSSR count). The number of hydrogen-bond acceptors (Lipinski definition) is 4. The second kappa shape index (κ2) is 9.08.